The number of benzene rings is 2. The number of amides is 1. The van der Waals surface area contributed by atoms with Crippen LogP contribution in [0.3, 0.4) is 0 Å². The third-order valence-electron chi connectivity index (χ3n) is 4.66. The summed E-state index contributed by atoms with van der Waals surface area (Å²) in [5.74, 6) is 0.960. The Bertz CT molecular complexity index is 1250. The second-order valence-corrected chi connectivity index (χ2v) is 8.39. The van der Waals surface area contributed by atoms with Gasteiger partial charge in [-0.1, -0.05) is 12.1 Å². The lowest BCUT2D eigenvalue weighted by atomic mass is 10.1. The van der Waals surface area contributed by atoms with E-state index in [0.717, 1.165) is 0 Å². The Morgan fingerprint density at radius 1 is 1.00 bits per heavy atom. The van der Waals surface area contributed by atoms with Crippen LogP contribution in [0, 0.1) is 6.92 Å². The van der Waals surface area contributed by atoms with Gasteiger partial charge in [0.25, 0.3) is 15.9 Å². The van der Waals surface area contributed by atoms with Gasteiger partial charge in [-0.3, -0.25) is 4.79 Å². The molecule has 0 radical (unpaired) electrons. The van der Waals surface area contributed by atoms with Crippen LogP contribution < -0.4 is 19.6 Å². The number of hydrogen-bond acceptors (Lipinski definition) is 7. The van der Waals surface area contributed by atoms with Gasteiger partial charge in [0.05, 0.1) is 36.7 Å². The molecule has 9 nitrogen and oxygen atoms in total. The Balaban J connectivity index is 1.70. The highest BCUT2D eigenvalue weighted by atomic mass is 32.2. The summed E-state index contributed by atoms with van der Waals surface area (Å²) in [5.41, 5.74) is 2.16. The molecule has 1 aromatic heterocycles. The minimum absolute atomic E-state index is 0.0145. The van der Waals surface area contributed by atoms with Gasteiger partial charge < -0.3 is 19.2 Å². The maximum absolute atomic E-state index is 12.6. The number of carbonyl (C=O) groups is 1. The number of hydrogen-bond donors (Lipinski definition) is 2. The summed E-state index contributed by atoms with van der Waals surface area (Å²) >= 11 is 0. The minimum Gasteiger partial charge on any atom is -0.493 e. The number of methoxy groups -OCH3 is 2. The highest BCUT2D eigenvalue weighted by Crippen LogP contribution is 2.29. The zero-order chi connectivity index (χ0) is 23.3. The van der Waals surface area contributed by atoms with Crippen molar-refractivity contribution < 1.29 is 27.1 Å². The van der Waals surface area contributed by atoms with Gasteiger partial charge in [0.2, 0.25) is 0 Å². The lowest BCUT2D eigenvalue weighted by Crippen LogP contribution is -2.20. The molecule has 2 aromatic carbocycles. The Kier molecular flexibility index (Phi) is 6.84. The molecule has 0 aliphatic carbocycles. The SMILES string of the molecule is COc1ccc(S(=O)(=O)NN=C(C)c2ccc(NC(=O)c3ccoc3C)cc2)cc1OC. The lowest BCUT2D eigenvalue weighted by Gasteiger charge is -2.10. The van der Waals surface area contributed by atoms with Gasteiger partial charge in [0.15, 0.2) is 11.5 Å². The number of ether oxygens (including phenoxy) is 2. The van der Waals surface area contributed by atoms with Gasteiger partial charge >= 0.3 is 0 Å². The second-order valence-electron chi connectivity index (χ2n) is 6.73. The van der Waals surface area contributed by atoms with Crippen molar-refractivity contribution in [2.75, 3.05) is 19.5 Å². The van der Waals surface area contributed by atoms with Gasteiger partial charge in [-0.2, -0.15) is 18.4 Å². The lowest BCUT2D eigenvalue weighted by molar-refractivity contribution is 0.102. The summed E-state index contributed by atoms with van der Waals surface area (Å²) in [6.07, 6.45) is 1.45. The first-order valence-electron chi connectivity index (χ1n) is 9.49. The van der Waals surface area contributed by atoms with Crippen LogP contribution in [-0.2, 0) is 10.0 Å². The van der Waals surface area contributed by atoms with Crippen LogP contribution in [0.25, 0.3) is 0 Å². The molecule has 0 unspecified atom stereocenters. The topological polar surface area (TPSA) is 119 Å². The number of furan rings is 1. The fourth-order valence-electron chi connectivity index (χ4n) is 2.84. The normalized spacial score (nSPS) is 11.7. The number of carbonyl (C=O) groups excluding carboxylic acids is 1. The summed E-state index contributed by atoms with van der Waals surface area (Å²) < 4.78 is 40.6. The number of sulfonamides is 1. The van der Waals surface area contributed by atoms with E-state index in [1.807, 2.05) is 0 Å². The summed E-state index contributed by atoms with van der Waals surface area (Å²) in [4.78, 5) is 14.5. The van der Waals surface area contributed by atoms with Gasteiger partial charge in [-0.15, -0.1) is 0 Å². The van der Waals surface area contributed by atoms with Crippen LogP contribution in [0.2, 0.25) is 0 Å². The molecule has 1 amide bonds. The van der Waals surface area contributed by atoms with E-state index >= 15 is 0 Å². The van der Waals surface area contributed by atoms with Crippen LogP contribution in [-0.4, -0.2) is 34.3 Å². The van der Waals surface area contributed by atoms with Crippen LogP contribution in [0.15, 0.2) is 69.2 Å². The fraction of sp³-hybridized carbons (Fsp3) is 0.182. The van der Waals surface area contributed by atoms with E-state index < -0.39 is 10.0 Å². The van der Waals surface area contributed by atoms with Gasteiger partial charge in [-0.05, 0) is 49.7 Å². The molecule has 1 heterocycles. The molecular formula is C22H23N3O6S. The predicted molar refractivity (Wildman–Crippen MR) is 120 cm³/mol. The molecule has 0 atom stereocenters. The van der Waals surface area contributed by atoms with Gasteiger partial charge in [0, 0.05) is 11.8 Å². The summed E-state index contributed by atoms with van der Waals surface area (Å²) in [5, 5.41) is 6.77. The summed E-state index contributed by atoms with van der Waals surface area (Å²) in [6, 6.07) is 12.7. The first-order chi connectivity index (χ1) is 15.2. The van der Waals surface area contributed by atoms with E-state index in [2.05, 4.69) is 15.2 Å². The Labute approximate surface area is 186 Å². The standard InChI is InChI=1S/C22H23N3O6S/c1-14(24-25-32(27,28)18-9-10-20(29-3)21(13-18)30-4)16-5-7-17(8-6-16)23-22(26)19-11-12-31-15(19)2/h5-13,25H,1-4H3,(H,23,26). The second kappa shape index (κ2) is 9.56. The van der Waals surface area contributed by atoms with Crippen molar-refractivity contribution >= 4 is 27.3 Å². The first kappa shape index (κ1) is 22.9. The van der Waals surface area contributed by atoms with Crippen molar-refractivity contribution in [3.8, 4) is 11.5 Å². The van der Waals surface area contributed by atoms with Crippen molar-refractivity contribution in [3.63, 3.8) is 0 Å². The highest BCUT2D eigenvalue weighted by Gasteiger charge is 2.17. The molecule has 2 N–H and O–H groups in total. The van der Waals surface area contributed by atoms with E-state index in [-0.39, 0.29) is 10.8 Å². The Hall–Kier alpha value is -3.79. The first-order valence-corrected chi connectivity index (χ1v) is 11.0. The van der Waals surface area contributed by atoms with E-state index in [1.165, 1.54) is 38.7 Å². The molecule has 0 saturated carbocycles. The Morgan fingerprint density at radius 3 is 2.28 bits per heavy atom. The molecule has 3 rings (SSSR count). The number of rotatable bonds is 8. The monoisotopic (exact) mass is 457 g/mol. The molecule has 32 heavy (non-hydrogen) atoms. The number of aryl methyl sites for hydroxylation is 1. The van der Waals surface area contributed by atoms with Gasteiger partial charge in [0.1, 0.15) is 5.76 Å². The number of nitrogens with one attached hydrogen (secondary N) is 2. The fourth-order valence-corrected chi connectivity index (χ4v) is 3.72. The predicted octanol–water partition coefficient (Wildman–Crippen LogP) is 3.56. The maximum Gasteiger partial charge on any atom is 0.276 e. The van der Waals surface area contributed by atoms with Crippen molar-refractivity contribution in [2.24, 2.45) is 5.10 Å². The molecule has 0 aliphatic rings. The highest BCUT2D eigenvalue weighted by molar-refractivity contribution is 7.89. The summed E-state index contributed by atoms with van der Waals surface area (Å²) in [6.45, 7) is 3.38. The quantitative estimate of drug-likeness (QED) is 0.394. The average Bonchev–Trinajstić information content (AvgIpc) is 3.23. The van der Waals surface area contributed by atoms with Gasteiger partial charge in [-0.25, -0.2) is 0 Å². The van der Waals surface area contributed by atoms with E-state index in [4.69, 9.17) is 13.9 Å². The van der Waals surface area contributed by atoms with E-state index in [1.54, 1.807) is 44.2 Å². The Morgan fingerprint density at radius 2 is 1.69 bits per heavy atom. The molecule has 10 heteroatoms. The van der Waals surface area contributed by atoms with Crippen molar-refractivity contribution in [1.29, 1.82) is 0 Å². The maximum atomic E-state index is 12.6. The van der Waals surface area contributed by atoms with Crippen molar-refractivity contribution in [3.05, 3.63) is 71.7 Å². The molecule has 0 saturated heterocycles. The molecular weight excluding hydrogens is 434 g/mol. The third-order valence-corrected chi connectivity index (χ3v) is 5.87. The van der Waals surface area contributed by atoms with Crippen LogP contribution in [0.4, 0.5) is 5.69 Å². The largest absolute Gasteiger partial charge is 0.493 e. The van der Waals surface area contributed by atoms with Crippen LogP contribution >= 0.6 is 0 Å². The molecule has 168 valence electrons. The molecule has 3 aromatic rings. The molecule has 0 fully saturated rings. The molecule has 0 aliphatic heterocycles. The zero-order valence-electron chi connectivity index (χ0n) is 18.0. The number of hydrazone groups is 1. The van der Waals surface area contributed by atoms with Crippen molar-refractivity contribution in [1.82, 2.24) is 4.83 Å². The molecule has 0 spiro atoms. The van der Waals surface area contributed by atoms with Crippen molar-refractivity contribution in [2.45, 2.75) is 18.7 Å². The van der Waals surface area contributed by atoms with E-state index in [9.17, 15) is 13.2 Å². The van der Waals surface area contributed by atoms with E-state index in [0.29, 0.717) is 39.8 Å². The number of anilines is 1. The third kappa shape index (κ3) is 5.09. The minimum atomic E-state index is -3.91. The zero-order valence-corrected chi connectivity index (χ0v) is 18.8. The number of nitrogens with zero attached hydrogens (tertiary/aromatic N) is 1. The summed E-state index contributed by atoms with van der Waals surface area (Å²) in [7, 11) is -1.02. The average molecular weight is 458 g/mol. The van der Waals surface area contributed by atoms with Crippen LogP contribution in [0.5, 0.6) is 11.5 Å². The molecule has 0 bridgehead atoms. The smallest absolute Gasteiger partial charge is 0.276 e. The van der Waals surface area contributed by atoms with Crippen LogP contribution in [0.1, 0.15) is 28.6 Å².